The molecule has 0 N–H and O–H groups in total. The molecule has 0 aliphatic heterocycles. The molecular formula is C17H32O2. The lowest BCUT2D eigenvalue weighted by molar-refractivity contribution is -0.119. The Morgan fingerprint density at radius 3 is 1.79 bits per heavy atom. The van der Waals surface area contributed by atoms with Gasteiger partial charge in [-0.05, 0) is 38.0 Å². The van der Waals surface area contributed by atoms with Crippen molar-refractivity contribution in [1.82, 2.24) is 0 Å². The summed E-state index contributed by atoms with van der Waals surface area (Å²) >= 11 is 0. The van der Waals surface area contributed by atoms with Crippen molar-refractivity contribution in [3.8, 4) is 0 Å². The van der Waals surface area contributed by atoms with Gasteiger partial charge in [-0.25, -0.2) is 0 Å². The second-order valence-electron chi connectivity index (χ2n) is 6.08. The van der Waals surface area contributed by atoms with Gasteiger partial charge in [0.2, 0.25) is 0 Å². The fourth-order valence-corrected chi connectivity index (χ4v) is 2.36. The Labute approximate surface area is 119 Å². The molecule has 0 aliphatic carbocycles. The van der Waals surface area contributed by atoms with Gasteiger partial charge < -0.3 is 4.79 Å². The molecule has 0 amide bonds. The van der Waals surface area contributed by atoms with Gasteiger partial charge in [-0.1, -0.05) is 40.0 Å². The minimum atomic E-state index is 0.293. The van der Waals surface area contributed by atoms with Crippen LogP contribution in [0.5, 0.6) is 0 Å². The maximum Gasteiger partial charge on any atom is 0.132 e. The first-order valence-corrected chi connectivity index (χ1v) is 7.98. The van der Waals surface area contributed by atoms with Gasteiger partial charge in [-0.3, -0.25) is 4.79 Å². The molecule has 0 radical (unpaired) electrons. The summed E-state index contributed by atoms with van der Waals surface area (Å²) in [7, 11) is 0. The van der Waals surface area contributed by atoms with Crippen LogP contribution in [0.1, 0.15) is 85.5 Å². The standard InChI is InChI=1S/C17H32O2/c1-5-6-12-17(19)13-8-10-15(3)14(2)9-7-11-16(4)18/h14-15H,5-13H2,1-4H3. The molecule has 112 valence electrons. The molecule has 0 bridgehead atoms. The Balaban J connectivity index is 3.63. The van der Waals surface area contributed by atoms with E-state index < -0.39 is 0 Å². The van der Waals surface area contributed by atoms with Crippen molar-refractivity contribution in [3.05, 3.63) is 0 Å². The van der Waals surface area contributed by atoms with E-state index in [0.717, 1.165) is 51.4 Å². The highest BCUT2D eigenvalue weighted by atomic mass is 16.1. The zero-order valence-corrected chi connectivity index (χ0v) is 13.3. The molecule has 0 aliphatic rings. The Morgan fingerprint density at radius 2 is 1.32 bits per heavy atom. The lowest BCUT2D eigenvalue weighted by atomic mass is 9.86. The van der Waals surface area contributed by atoms with Crippen molar-refractivity contribution in [2.75, 3.05) is 0 Å². The minimum absolute atomic E-state index is 0.293. The molecular weight excluding hydrogens is 236 g/mol. The average Bonchev–Trinajstić information content (AvgIpc) is 2.35. The van der Waals surface area contributed by atoms with Gasteiger partial charge in [0.25, 0.3) is 0 Å². The maximum absolute atomic E-state index is 11.6. The van der Waals surface area contributed by atoms with Crippen molar-refractivity contribution in [2.45, 2.75) is 85.5 Å². The molecule has 0 heterocycles. The van der Waals surface area contributed by atoms with Crippen molar-refractivity contribution in [2.24, 2.45) is 11.8 Å². The van der Waals surface area contributed by atoms with Crippen LogP contribution < -0.4 is 0 Å². The van der Waals surface area contributed by atoms with Gasteiger partial charge in [0.15, 0.2) is 0 Å². The maximum atomic E-state index is 11.6. The van der Waals surface area contributed by atoms with E-state index >= 15 is 0 Å². The van der Waals surface area contributed by atoms with E-state index in [4.69, 9.17) is 0 Å². The third-order valence-electron chi connectivity index (χ3n) is 4.08. The molecule has 0 rings (SSSR count). The molecule has 0 aromatic heterocycles. The van der Waals surface area contributed by atoms with Crippen LogP contribution in [0, 0.1) is 11.8 Å². The Bertz CT molecular complexity index is 258. The highest BCUT2D eigenvalue weighted by Crippen LogP contribution is 2.23. The van der Waals surface area contributed by atoms with Crippen molar-refractivity contribution >= 4 is 11.6 Å². The van der Waals surface area contributed by atoms with Gasteiger partial charge in [-0.2, -0.15) is 0 Å². The quantitative estimate of drug-likeness (QED) is 0.502. The van der Waals surface area contributed by atoms with Crippen LogP contribution >= 0.6 is 0 Å². The zero-order valence-electron chi connectivity index (χ0n) is 13.3. The summed E-state index contributed by atoms with van der Waals surface area (Å²) in [5.41, 5.74) is 0. The van der Waals surface area contributed by atoms with Gasteiger partial charge in [0, 0.05) is 19.3 Å². The summed E-state index contributed by atoms with van der Waals surface area (Å²) in [6.45, 7) is 8.33. The topological polar surface area (TPSA) is 34.1 Å². The summed E-state index contributed by atoms with van der Waals surface area (Å²) in [6.07, 6.45) is 8.68. The molecule has 19 heavy (non-hydrogen) atoms. The van der Waals surface area contributed by atoms with E-state index in [1.165, 1.54) is 0 Å². The molecule has 2 unspecified atom stereocenters. The first-order valence-electron chi connectivity index (χ1n) is 7.98. The van der Waals surface area contributed by atoms with Crippen molar-refractivity contribution < 1.29 is 9.59 Å². The number of Topliss-reactive ketones (excluding diaryl/α,β-unsaturated/α-hetero) is 2. The summed E-state index contributed by atoms with van der Waals surface area (Å²) < 4.78 is 0. The molecule has 2 heteroatoms. The van der Waals surface area contributed by atoms with Crippen LogP contribution in [0.25, 0.3) is 0 Å². The Hall–Kier alpha value is -0.660. The van der Waals surface area contributed by atoms with Gasteiger partial charge >= 0.3 is 0 Å². The van der Waals surface area contributed by atoms with E-state index in [0.29, 0.717) is 29.8 Å². The van der Waals surface area contributed by atoms with Crippen LogP contribution in [-0.2, 0) is 9.59 Å². The SMILES string of the molecule is CCCCC(=O)CCCC(C)C(C)CCCC(C)=O. The van der Waals surface area contributed by atoms with Crippen molar-refractivity contribution in [1.29, 1.82) is 0 Å². The fraction of sp³-hybridized carbons (Fsp3) is 0.882. The molecule has 2 nitrogen and oxygen atoms in total. The summed E-state index contributed by atoms with van der Waals surface area (Å²) in [5, 5.41) is 0. The number of carbonyl (C=O) groups excluding carboxylic acids is 2. The van der Waals surface area contributed by atoms with E-state index in [9.17, 15) is 9.59 Å². The second-order valence-corrected chi connectivity index (χ2v) is 6.08. The van der Waals surface area contributed by atoms with Crippen LogP contribution in [0.3, 0.4) is 0 Å². The first kappa shape index (κ1) is 18.3. The third kappa shape index (κ3) is 10.9. The molecule has 0 aromatic carbocycles. The predicted molar refractivity (Wildman–Crippen MR) is 81.2 cm³/mol. The fourth-order valence-electron chi connectivity index (χ4n) is 2.36. The molecule has 2 atom stereocenters. The summed E-state index contributed by atoms with van der Waals surface area (Å²) in [5.74, 6) is 2.04. The number of unbranched alkanes of at least 4 members (excludes halogenated alkanes) is 1. The molecule has 0 fully saturated rings. The number of hydrogen-bond acceptors (Lipinski definition) is 2. The van der Waals surface area contributed by atoms with Gasteiger partial charge in [-0.15, -0.1) is 0 Å². The predicted octanol–water partition coefficient (Wildman–Crippen LogP) is 4.95. The highest BCUT2D eigenvalue weighted by molar-refractivity contribution is 5.78. The van der Waals surface area contributed by atoms with Crippen LogP contribution in [-0.4, -0.2) is 11.6 Å². The number of carbonyl (C=O) groups is 2. The zero-order chi connectivity index (χ0) is 14.7. The van der Waals surface area contributed by atoms with Crippen molar-refractivity contribution in [3.63, 3.8) is 0 Å². The Kier molecular flexibility index (Phi) is 10.8. The highest BCUT2D eigenvalue weighted by Gasteiger charge is 2.12. The number of ketones is 2. The monoisotopic (exact) mass is 268 g/mol. The van der Waals surface area contributed by atoms with E-state index in [-0.39, 0.29) is 0 Å². The molecule has 0 aromatic rings. The summed E-state index contributed by atoms with van der Waals surface area (Å²) in [6, 6.07) is 0. The number of rotatable bonds is 12. The molecule has 0 saturated heterocycles. The Morgan fingerprint density at radius 1 is 0.842 bits per heavy atom. The van der Waals surface area contributed by atoms with Gasteiger partial charge in [0.05, 0.1) is 0 Å². The second kappa shape index (κ2) is 11.2. The normalized spacial score (nSPS) is 14.1. The van der Waals surface area contributed by atoms with Gasteiger partial charge in [0.1, 0.15) is 11.6 Å². The molecule has 0 saturated carbocycles. The third-order valence-corrected chi connectivity index (χ3v) is 4.08. The van der Waals surface area contributed by atoms with E-state index in [1.807, 2.05) is 0 Å². The smallest absolute Gasteiger partial charge is 0.132 e. The van der Waals surface area contributed by atoms with Crippen LogP contribution in [0.15, 0.2) is 0 Å². The van der Waals surface area contributed by atoms with Crippen LogP contribution in [0.2, 0.25) is 0 Å². The first-order chi connectivity index (χ1) is 8.97. The largest absolute Gasteiger partial charge is 0.300 e. The van der Waals surface area contributed by atoms with E-state index in [2.05, 4.69) is 20.8 Å². The lowest BCUT2D eigenvalue weighted by Gasteiger charge is -2.19. The average molecular weight is 268 g/mol. The summed E-state index contributed by atoms with van der Waals surface area (Å²) in [4.78, 5) is 22.5. The number of hydrogen-bond donors (Lipinski definition) is 0. The minimum Gasteiger partial charge on any atom is -0.300 e. The molecule has 0 spiro atoms. The van der Waals surface area contributed by atoms with E-state index in [1.54, 1.807) is 6.92 Å². The van der Waals surface area contributed by atoms with Crippen LogP contribution in [0.4, 0.5) is 0 Å². The lowest BCUT2D eigenvalue weighted by Crippen LogP contribution is -2.09.